The molecular weight excluding hydrogens is 220 g/mol. The fourth-order valence-electron chi connectivity index (χ4n) is 4.06. The third-order valence-electron chi connectivity index (χ3n) is 5.59. The lowest BCUT2D eigenvalue weighted by Crippen LogP contribution is -2.49. The number of likely N-dealkylation sites (tertiary alicyclic amines) is 1. The van der Waals surface area contributed by atoms with Gasteiger partial charge in [0.2, 0.25) is 0 Å². The smallest absolute Gasteiger partial charge is 0.0105 e. The third kappa shape index (κ3) is 3.27. The SMILES string of the molecule is CNC1CCC(C)CC1CN1CCCC(C)C1C. The standard InChI is InChI=1S/C16H32N2/c1-12-7-8-16(17-4)15(10-12)11-18-9-5-6-13(2)14(18)3/h12-17H,5-11H2,1-4H3. The molecular formula is C16H32N2. The molecule has 2 nitrogen and oxygen atoms in total. The maximum atomic E-state index is 3.56. The van der Waals surface area contributed by atoms with E-state index < -0.39 is 0 Å². The first-order valence-corrected chi connectivity index (χ1v) is 8.03. The number of hydrogen-bond donors (Lipinski definition) is 1. The van der Waals surface area contributed by atoms with Crippen LogP contribution in [0.1, 0.15) is 52.9 Å². The lowest BCUT2D eigenvalue weighted by atomic mass is 9.78. The van der Waals surface area contributed by atoms with E-state index in [2.05, 4.69) is 38.0 Å². The van der Waals surface area contributed by atoms with E-state index in [9.17, 15) is 0 Å². The molecule has 106 valence electrons. The molecule has 1 heterocycles. The summed E-state index contributed by atoms with van der Waals surface area (Å²) in [7, 11) is 2.15. The minimum atomic E-state index is 0.755. The fourth-order valence-corrected chi connectivity index (χ4v) is 4.06. The predicted octanol–water partition coefficient (Wildman–Crippen LogP) is 3.13. The average Bonchev–Trinajstić information content (AvgIpc) is 2.35. The molecule has 2 rings (SSSR count). The number of nitrogens with one attached hydrogen (secondary N) is 1. The molecule has 1 N–H and O–H groups in total. The van der Waals surface area contributed by atoms with E-state index in [4.69, 9.17) is 0 Å². The summed E-state index contributed by atoms with van der Waals surface area (Å²) in [6.45, 7) is 9.94. The molecule has 1 aliphatic carbocycles. The average molecular weight is 252 g/mol. The number of rotatable bonds is 3. The van der Waals surface area contributed by atoms with Gasteiger partial charge in [-0.15, -0.1) is 0 Å². The second-order valence-corrected chi connectivity index (χ2v) is 6.93. The molecule has 0 aromatic heterocycles. The Labute approximate surface area is 114 Å². The number of piperidine rings is 1. The Morgan fingerprint density at radius 2 is 1.89 bits per heavy atom. The van der Waals surface area contributed by atoms with Crippen molar-refractivity contribution in [1.82, 2.24) is 10.2 Å². The summed E-state index contributed by atoms with van der Waals surface area (Å²) in [5.41, 5.74) is 0. The minimum Gasteiger partial charge on any atom is -0.317 e. The molecule has 2 aliphatic rings. The molecule has 0 amide bonds. The van der Waals surface area contributed by atoms with Crippen molar-refractivity contribution in [1.29, 1.82) is 0 Å². The minimum absolute atomic E-state index is 0.755. The van der Waals surface area contributed by atoms with Gasteiger partial charge in [-0.3, -0.25) is 0 Å². The van der Waals surface area contributed by atoms with E-state index in [0.29, 0.717) is 0 Å². The summed E-state index contributed by atoms with van der Waals surface area (Å²) in [4.78, 5) is 2.77. The summed E-state index contributed by atoms with van der Waals surface area (Å²) < 4.78 is 0. The van der Waals surface area contributed by atoms with Crippen molar-refractivity contribution >= 4 is 0 Å². The van der Waals surface area contributed by atoms with Crippen molar-refractivity contribution in [3.8, 4) is 0 Å². The van der Waals surface area contributed by atoms with Gasteiger partial charge in [-0.25, -0.2) is 0 Å². The van der Waals surface area contributed by atoms with Crippen LogP contribution < -0.4 is 5.32 Å². The Bertz CT molecular complexity index is 253. The lowest BCUT2D eigenvalue weighted by Gasteiger charge is -2.43. The second kappa shape index (κ2) is 6.38. The Balaban J connectivity index is 1.93. The van der Waals surface area contributed by atoms with Crippen LogP contribution in [0.4, 0.5) is 0 Å². The first-order valence-electron chi connectivity index (χ1n) is 8.03. The molecule has 18 heavy (non-hydrogen) atoms. The summed E-state index contributed by atoms with van der Waals surface area (Å²) in [5.74, 6) is 2.68. The van der Waals surface area contributed by atoms with Crippen LogP contribution in [0, 0.1) is 17.8 Å². The highest BCUT2D eigenvalue weighted by atomic mass is 15.2. The maximum absolute atomic E-state index is 3.56. The van der Waals surface area contributed by atoms with Gasteiger partial charge in [0.25, 0.3) is 0 Å². The molecule has 1 saturated carbocycles. The zero-order valence-electron chi connectivity index (χ0n) is 12.8. The second-order valence-electron chi connectivity index (χ2n) is 6.93. The van der Waals surface area contributed by atoms with Crippen LogP contribution in [-0.2, 0) is 0 Å². The molecule has 0 aromatic rings. The lowest BCUT2D eigenvalue weighted by molar-refractivity contribution is 0.0701. The van der Waals surface area contributed by atoms with Gasteiger partial charge in [-0.1, -0.05) is 13.8 Å². The zero-order valence-corrected chi connectivity index (χ0v) is 12.8. The van der Waals surface area contributed by atoms with Gasteiger partial charge in [0, 0.05) is 18.6 Å². The topological polar surface area (TPSA) is 15.3 Å². The Morgan fingerprint density at radius 1 is 1.11 bits per heavy atom. The van der Waals surface area contributed by atoms with Crippen molar-refractivity contribution in [2.75, 3.05) is 20.1 Å². The van der Waals surface area contributed by atoms with E-state index in [1.165, 1.54) is 45.2 Å². The van der Waals surface area contributed by atoms with E-state index in [0.717, 1.165) is 29.8 Å². The van der Waals surface area contributed by atoms with E-state index in [-0.39, 0.29) is 0 Å². The molecule has 2 heteroatoms. The molecule has 0 spiro atoms. The molecule has 5 atom stereocenters. The molecule has 0 bridgehead atoms. The third-order valence-corrected chi connectivity index (χ3v) is 5.59. The first kappa shape index (κ1) is 14.3. The van der Waals surface area contributed by atoms with Gasteiger partial charge in [0.05, 0.1) is 0 Å². The van der Waals surface area contributed by atoms with Crippen LogP contribution >= 0.6 is 0 Å². The highest BCUT2D eigenvalue weighted by Gasteiger charge is 2.32. The van der Waals surface area contributed by atoms with Crippen molar-refractivity contribution in [3.05, 3.63) is 0 Å². The molecule has 2 fully saturated rings. The van der Waals surface area contributed by atoms with Crippen molar-refractivity contribution in [2.45, 2.75) is 65.0 Å². The largest absolute Gasteiger partial charge is 0.317 e. The van der Waals surface area contributed by atoms with Gasteiger partial charge in [-0.2, -0.15) is 0 Å². The van der Waals surface area contributed by atoms with Gasteiger partial charge in [0.15, 0.2) is 0 Å². The highest BCUT2D eigenvalue weighted by molar-refractivity contribution is 4.87. The number of nitrogens with zero attached hydrogens (tertiary/aromatic N) is 1. The maximum Gasteiger partial charge on any atom is 0.0105 e. The predicted molar refractivity (Wildman–Crippen MR) is 78.8 cm³/mol. The van der Waals surface area contributed by atoms with Crippen molar-refractivity contribution in [3.63, 3.8) is 0 Å². The molecule has 5 unspecified atom stereocenters. The first-order chi connectivity index (χ1) is 8.61. The van der Waals surface area contributed by atoms with Gasteiger partial charge >= 0.3 is 0 Å². The van der Waals surface area contributed by atoms with E-state index >= 15 is 0 Å². The normalized spacial score (nSPS) is 43.0. The van der Waals surface area contributed by atoms with Gasteiger partial charge in [0.1, 0.15) is 0 Å². The summed E-state index contributed by atoms with van der Waals surface area (Å²) in [6, 6.07) is 1.54. The van der Waals surface area contributed by atoms with Crippen molar-refractivity contribution < 1.29 is 0 Å². The van der Waals surface area contributed by atoms with Crippen LogP contribution in [0.25, 0.3) is 0 Å². The Kier molecular flexibility index (Phi) is 5.08. The monoisotopic (exact) mass is 252 g/mol. The Morgan fingerprint density at radius 3 is 2.61 bits per heavy atom. The molecule has 1 saturated heterocycles. The van der Waals surface area contributed by atoms with Crippen LogP contribution in [0.5, 0.6) is 0 Å². The molecule has 0 aromatic carbocycles. The zero-order chi connectivity index (χ0) is 13.1. The Hall–Kier alpha value is -0.0800. The summed E-state index contributed by atoms with van der Waals surface area (Å²) >= 11 is 0. The van der Waals surface area contributed by atoms with Crippen LogP contribution in [-0.4, -0.2) is 37.1 Å². The summed E-state index contributed by atoms with van der Waals surface area (Å²) in [5, 5.41) is 3.56. The molecule has 1 aliphatic heterocycles. The van der Waals surface area contributed by atoms with E-state index in [1.54, 1.807) is 0 Å². The van der Waals surface area contributed by atoms with Crippen LogP contribution in [0.3, 0.4) is 0 Å². The van der Waals surface area contributed by atoms with Gasteiger partial charge < -0.3 is 10.2 Å². The van der Waals surface area contributed by atoms with Gasteiger partial charge in [-0.05, 0) is 70.4 Å². The van der Waals surface area contributed by atoms with Crippen LogP contribution in [0.2, 0.25) is 0 Å². The summed E-state index contributed by atoms with van der Waals surface area (Å²) in [6.07, 6.45) is 7.03. The quantitative estimate of drug-likeness (QED) is 0.830. The van der Waals surface area contributed by atoms with E-state index in [1.807, 2.05) is 0 Å². The fraction of sp³-hybridized carbons (Fsp3) is 1.00. The van der Waals surface area contributed by atoms with Crippen molar-refractivity contribution in [2.24, 2.45) is 17.8 Å². The number of hydrogen-bond acceptors (Lipinski definition) is 2. The highest BCUT2D eigenvalue weighted by Crippen LogP contribution is 2.32. The van der Waals surface area contributed by atoms with Crippen LogP contribution in [0.15, 0.2) is 0 Å². The molecule has 0 radical (unpaired) electrons.